The van der Waals surface area contributed by atoms with E-state index in [1.54, 1.807) is 43.3 Å². The van der Waals surface area contributed by atoms with Crippen LogP contribution in [0.1, 0.15) is 23.0 Å². The van der Waals surface area contributed by atoms with Gasteiger partial charge in [-0.2, -0.15) is 5.10 Å². The Labute approximate surface area is 131 Å². The van der Waals surface area contributed by atoms with Crippen molar-refractivity contribution in [1.29, 1.82) is 0 Å². The minimum Gasteiger partial charge on any atom is -0.459 e. The Kier molecular flexibility index (Phi) is 4.88. The highest BCUT2D eigenvalue weighted by atomic mass is 16.3. The number of primary amides is 1. The number of hydrogen-bond donors (Lipinski definition) is 3. The summed E-state index contributed by atoms with van der Waals surface area (Å²) in [4.78, 5) is 33.6. The molecule has 23 heavy (non-hydrogen) atoms. The molecule has 0 atom stereocenters. The zero-order chi connectivity index (χ0) is 16.8. The van der Waals surface area contributed by atoms with Crippen LogP contribution in [0.2, 0.25) is 0 Å². The van der Waals surface area contributed by atoms with E-state index >= 15 is 0 Å². The fourth-order valence-corrected chi connectivity index (χ4v) is 1.68. The van der Waals surface area contributed by atoms with Gasteiger partial charge in [0.05, 0.1) is 12.0 Å². The van der Waals surface area contributed by atoms with Crippen LogP contribution >= 0.6 is 0 Å². The molecule has 0 spiro atoms. The first-order chi connectivity index (χ1) is 11.0. The van der Waals surface area contributed by atoms with Crippen LogP contribution in [-0.2, 0) is 9.59 Å². The molecule has 8 heteroatoms. The zero-order valence-electron chi connectivity index (χ0n) is 12.2. The van der Waals surface area contributed by atoms with Gasteiger partial charge in [0.25, 0.3) is 5.91 Å². The lowest BCUT2D eigenvalue weighted by atomic mass is 10.1. The lowest BCUT2D eigenvalue weighted by Crippen LogP contribution is -2.33. The quantitative estimate of drug-likeness (QED) is 0.439. The van der Waals surface area contributed by atoms with E-state index in [9.17, 15) is 14.4 Å². The Morgan fingerprint density at radius 1 is 1.17 bits per heavy atom. The monoisotopic (exact) mass is 314 g/mol. The molecule has 8 nitrogen and oxygen atoms in total. The van der Waals surface area contributed by atoms with E-state index in [4.69, 9.17) is 10.2 Å². The summed E-state index contributed by atoms with van der Waals surface area (Å²) in [5.74, 6) is -2.33. The van der Waals surface area contributed by atoms with Gasteiger partial charge < -0.3 is 15.5 Å². The van der Waals surface area contributed by atoms with Crippen LogP contribution in [0.25, 0.3) is 0 Å². The van der Waals surface area contributed by atoms with Crippen molar-refractivity contribution in [1.82, 2.24) is 5.43 Å². The summed E-state index contributed by atoms with van der Waals surface area (Å²) >= 11 is 0. The molecule has 1 aromatic heterocycles. The van der Waals surface area contributed by atoms with Gasteiger partial charge in [-0.05, 0) is 36.8 Å². The van der Waals surface area contributed by atoms with Crippen LogP contribution in [0.5, 0.6) is 0 Å². The molecule has 0 unspecified atom stereocenters. The normalized spacial score (nSPS) is 10.9. The van der Waals surface area contributed by atoms with Crippen molar-refractivity contribution in [2.24, 2.45) is 10.8 Å². The van der Waals surface area contributed by atoms with Crippen molar-refractivity contribution in [2.45, 2.75) is 6.92 Å². The minimum absolute atomic E-state index is 0.189. The topological polar surface area (TPSA) is 127 Å². The van der Waals surface area contributed by atoms with Crippen LogP contribution in [0.4, 0.5) is 5.69 Å². The lowest BCUT2D eigenvalue weighted by molar-refractivity contribution is -0.137. The fraction of sp³-hybridized carbons (Fsp3) is 0.0667. The van der Waals surface area contributed by atoms with Gasteiger partial charge in [0.2, 0.25) is 0 Å². The van der Waals surface area contributed by atoms with E-state index < -0.39 is 11.8 Å². The third-order valence-corrected chi connectivity index (χ3v) is 2.83. The fourth-order valence-electron chi connectivity index (χ4n) is 1.68. The van der Waals surface area contributed by atoms with Gasteiger partial charge in [-0.15, -0.1) is 0 Å². The summed E-state index contributed by atoms with van der Waals surface area (Å²) in [5, 5.41) is 6.44. The summed E-state index contributed by atoms with van der Waals surface area (Å²) in [6.45, 7) is 1.63. The number of hydrogen-bond acceptors (Lipinski definition) is 5. The summed E-state index contributed by atoms with van der Waals surface area (Å²) in [5.41, 5.74) is 8.46. The van der Waals surface area contributed by atoms with Crippen LogP contribution in [0.3, 0.4) is 0 Å². The number of furan rings is 1. The largest absolute Gasteiger partial charge is 0.459 e. The number of nitrogens with one attached hydrogen (secondary N) is 2. The van der Waals surface area contributed by atoms with Gasteiger partial charge in [-0.1, -0.05) is 12.1 Å². The van der Waals surface area contributed by atoms with Crippen LogP contribution < -0.4 is 16.5 Å². The Bertz CT molecular complexity index is 766. The molecule has 3 amide bonds. The van der Waals surface area contributed by atoms with E-state index in [-0.39, 0.29) is 11.7 Å². The molecule has 1 aromatic carbocycles. The maximum absolute atomic E-state index is 11.9. The summed E-state index contributed by atoms with van der Waals surface area (Å²) in [7, 11) is 0. The summed E-state index contributed by atoms with van der Waals surface area (Å²) in [6.07, 6.45) is 1.41. The van der Waals surface area contributed by atoms with Gasteiger partial charge in [-0.3, -0.25) is 14.4 Å². The molecule has 0 bridgehead atoms. The van der Waals surface area contributed by atoms with Crippen molar-refractivity contribution in [3.63, 3.8) is 0 Å². The van der Waals surface area contributed by atoms with Crippen molar-refractivity contribution >= 4 is 29.1 Å². The van der Waals surface area contributed by atoms with E-state index in [1.807, 2.05) is 5.43 Å². The molecule has 0 aliphatic heterocycles. The molecule has 0 saturated carbocycles. The highest BCUT2D eigenvalue weighted by Crippen LogP contribution is 2.13. The first kappa shape index (κ1) is 16.0. The molecule has 2 aromatic rings. The van der Waals surface area contributed by atoms with E-state index in [0.29, 0.717) is 17.0 Å². The highest BCUT2D eigenvalue weighted by molar-refractivity contribution is 6.34. The van der Waals surface area contributed by atoms with Gasteiger partial charge in [0, 0.05) is 5.69 Å². The predicted molar refractivity (Wildman–Crippen MR) is 82.7 cm³/mol. The van der Waals surface area contributed by atoms with Crippen molar-refractivity contribution in [3.8, 4) is 0 Å². The van der Waals surface area contributed by atoms with Gasteiger partial charge in [0.1, 0.15) is 0 Å². The second kappa shape index (κ2) is 7.03. The molecule has 0 aliphatic carbocycles. The predicted octanol–water partition coefficient (Wildman–Crippen LogP) is 0.857. The van der Waals surface area contributed by atoms with E-state index in [2.05, 4.69) is 10.4 Å². The van der Waals surface area contributed by atoms with E-state index in [1.165, 1.54) is 6.26 Å². The standard InChI is InChI=1S/C15H14N4O4/c1-9(18-19-15(22)13(16)20)10-4-2-5-11(8-10)17-14(21)12-6-3-7-23-12/h2-8H,1H3,(H2,16,20)(H,17,21)(H,19,22)/b18-9-. The minimum atomic E-state index is -1.12. The maximum Gasteiger partial charge on any atom is 0.329 e. The SMILES string of the molecule is C/C(=N/NC(=O)C(N)=O)c1cccc(NC(=O)c2ccco2)c1. The zero-order valence-corrected chi connectivity index (χ0v) is 12.2. The second-order valence-corrected chi connectivity index (χ2v) is 4.51. The van der Waals surface area contributed by atoms with E-state index in [0.717, 1.165) is 0 Å². The molecule has 2 rings (SSSR count). The molecular formula is C15H14N4O4. The number of carbonyl (C=O) groups excluding carboxylic acids is 3. The van der Waals surface area contributed by atoms with Gasteiger partial charge in [-0.25, -0.2) is 5.43 Å². The Morgan fingerprint density at radius 2 is 1.96 bits per heavy atom. The third-order valence-electron chi connectivity index (χ3n) is 2.83. The van der Waals surface area contributed by atoms with Gasteiger partial charge in [0.15, 0.2) is 5.76 Å². The number of nitrogens with two attached hydrogens (primary N) is 1. The first-order valence-electron chi connectivity index (χ1n) is 6.56. The second-order valence-electron chi connectivity index (χ2n) is 4.51. The molecule has 4 N–H and O–H groups in total. The molecule has 0 fully saturated rings. The highest BCUT2D eigenvalue weighted by Gasteiger charge is 2.10. The number of anilines is 1. The number of benzene rings is 1. The van der Waals surface area contributed by atoms with Crippen LogP contribution in [0.15, 0.2) is 52.2 Å². The number of hydrazone groups is 1. The maximum atomic E-state index is 11.9. The molecule has 118 valence electrons. The Balaban J connectivity index is 2.10. The summed E-state index contributed by atoms with van der Waals surface area (Å²) in [6, 6.07) is 9.96. The Hall–Kier alpha value is -3.42. The van der Waals surface area contributed by atoms with Crippen LogP contribution in [0, 0.1) is 0 Å². The van der Waals surface area contributed by atoms with Crippen molar-refractivity contribution < 1.29 is 18.8 Å². The smallest absolute Gasteiger partial charge is 0.329 e. The molecule has 1 heterocycles. The Morgan fingerprint density at radius 3 is 2.61 bits per heavy atom. The number of amides is 3. The average molecular weight is 314 g/mol. The van der Waals surface area contributed by atoms with Crippen molar-refractivity contribution in [2.75, 3.05) is 5.32 Å². The molecular weight excluding hydrogens is 300 g/mol. The molecule has 0 saturated heterocycles. The first-order valence-corrected chi connectivity index (χ1v) is 6.56. The average Bonchev–Trinajstić information content (AvgIpc) is 3.07. The number of rotatable bonds is 4. The number of carbonyl (C=O) groups is 3. The molecule has 0 aliphatic rings. The summed E-state index contributed by atoms with van der Waals surface area (Å²) < 4.78 is 5.01. The van der Waals surface area contributed by atoms with Crippen molar-refractivity contribution in [3.05, 3.63) is 54.0 Å². The van der Waals surface area contributed by atoms with Crippen LogP contribution in [-0.4, -0.2) is 23.4 Å². The van der Waals surface area contributed by atoms with Gasteiger partial charge >= 0.3 is 11.8 Å². The number of nitrogens with zero attached hydrogens (tertiary/aromatic N) is 1. The lowest BCUT2D eigenvalue weighted by Gasteiger charge is -2.06. The third kappa shape index (κ3) is 4.27. The molecule has 0 radical (unpaired) electrons.